The van der Waals surface area contributed by atoms with E-state index in [1.807, 2.05) is 0 Å². The number of nitrogens with one attached hydrogen (secondary N) is 1. The van der Waals surface area contributed by atoms with Crippen molar-refractivity contribution >= 4 is 21.3 Å². The molecule has 0 amide bonds. The third-order valence-corrected chi connectivity index (χ3v) is 7.69. The molecular formula is C25H23N3O4S. The van der Waals surface area contributed by atoms with Crippen LogP contribution >= 0.6 is 0 Å². The smallest absolute Gasteiger partial charge is 0.311 e. The number of esters is 1. The van der Waals surface area contributed by atoms with Gasteiger partial charge in [-0.3, -0.25) is 4.79 Å². The lowest BCUT2D eigenvalue weighted by atomic mass is 10.0. The number of aromatic amines is 1. The third-order valence-electron chi connectivity index (χ3n) is 5.65. The second kappa shape index (κ2) is 8.96. The average molecular weight is 462 g/mol. The van der Waals surface area contributed by atoms with Crippen molar-refractivity contribution in [3.05, 3.63) is 95.1 Å². The Labute approximate surface area is 192 Å². The van der Waals surface area contributed by atoms with Crippen LogP contribution in [0.2, 0.25) is 0 Å². The van der Waals surface area contributed by atoms with Crippen LogP contribution in [0.3, 0.4) is 0 Å². The first-order valence-corrected chi connectivity index (χ1v) is 12.0. The fourth-order valence-electron chi connectivity index (χ4n) is 4.17. The number of benzene rings is 1. The monoisotopic (exact) mass is 461 g/mol. The molecule has 0 spiro atoms. The molecule has 4 rings (SSSR count). The SMILES string of the molecule is CCOC(=O)Cc1c(C)c(C(c2ccc[nH]2)S(=O)(=O)c2ccccc2)c2cc(C#N)ccn12. The Morgan fingerprint density at radius 2 is 1.94 bits per heavy atom. The zero-order valence-electron chi connectivity index (χ0n) is 18.3. The maximum atomic E-state index is 13.9. The zero-order valence-corrected chi connectivity index (χ0v) is 19.1. The lowest BCUT2D eigenvalue weighted by Gasteiger charge is -2.18. The van der Waals surface area contributed by atoms with E-state index in [2.05, 4.69) is 11.1 Å². The molecule has 4 aromatic rings. The first-order valence-electron chi connectivity index (χ1n) is 10.5. The van der Waals surface area contributed by atoms with Crippen LogP contribution in [0.15, 0.2) is 71.9 Å². The molecule has 0 aliphatic heterocycles. The van der Waals surface area contributed by atoms with Crippen molar-refractivity contribution in [1.29, 1.82) is 5.26 Å². The van der Waals surface area contributed by atoms with Gasteiger partial charge in [-0.15, -0.1) is 0 Å². The van der Waals surface area contributed by atoms with Gasteiger partial charge >= 0.3 is 5.97 Å². The van der Waals surface area contributed by atoms with E-state index >= 15 is 0 Å². The van der Waals surface area contributed by atoms with Gasteiger partial charge in [-0.05, 0) is 55.8 Å². The Kier molecular flexibility index (Phi) is 6.07. The number of hydrogen-bond donors (Lipinski definition) is 1. The molecule has 0 aliphatic rings. The van der Waals surface area contributed by atoms with E-state index in [0.29, 0.717) is 33.6 Å². The van der Waals surface area contributed by atoms with Gasteiger partial charge in [0, 0.05) is 29.3 Å². The first kappa shape index (κ1) is 22.4. The number of nitrogens with zero attached hydrogens (tertiary/aromatic N) is 2. The number of fused-ring (bicyclic) bond motifs is 1. The van der Waals surface area contributed by atoms with Gasteiger partial charge in [0.1, 0.15) is 5.25 Å². The van der Waals surface area contributed by atoms with Gasteiger partial charge in [-0.25, -0.2) is 8.42 Å². The van der Waals surface area contributed by atoms with Gasteiger partial charge in [-0.1, -0.05) is 18.2 Å². The van der Waals surface area contributed by atoms with E-state index in [1.54, 1.807) is 85.2 Å². The Balaban J connectivity index is 2.03. The Morgan fingerprint density at radius 3 is 2.58 bits per heavy atom. The molecule has 0 bridgehead atoms. The number of carbonyl (C=O) groups excluding carboxylic acids is 1. The molecule has 33 heavy (non-hydrogen) atoms. The summed E-state index contributed by atoms with van der Waals surface area (Å²) in [5, 5.41) is 8.42. The van der Waals surface area contributed by atoms with E-state index in [4.69, 9.17) is 4.74 Å². The Morgan fingerprint density at radius 1 is 1.18 bits per heavy atom. The standard InChI is InChI=1S/C25H23N3O4S/c1-3-32-23(29)15-21-17(2)24(22-14-18(16-26)11-13-28(21)22)25(20-10-7-12-27-20)33(30,31)19-8-5-4-6-9-19/h4-14,25,27H,3,15H2,1-2H3. The first-order chi connectivity index (χ1) is 15.9. The summed E-state index contributed by atoms with van der Waals surface area (Å²) in [6, 6.07) is 17.2. The number of sulfone groups is 1. The van der Waals surface area contributed by atoms with Crippen LogP contribution in [0.25, 0.3) is 5.52 Å². The number of pyridine rings is 1. The predicted octanol–water partition coefficient (Wildman–Crippen LogP) is 4.12. The van der Waals surface area contributed by atoms with Gasteiger partial charge in [0.05, 0.1) is 35.1 Å². The molecule has 1 N–H and O–H groups in total. The van der Waals surface area contributed by atoms with Crippen LogP contribution in [-0.4, -0.2) is 30.4 Å². The number of hydrogen-bond acceptors (Lipinski definition) is 5. The van der Waals surface area contributed by atoms with E-state index in [9.17, 15) is 18.5 Å². The molecule has 0 aliphatic carbocycles. The van der Waals surface area contributed by atoms with Crippen LogP contribution in [0, 0.1) is 18.3 Å². The Hall–Kier alpha value is -3.83. The minimum Gasteiger partial charge on any atom is -0.466 e. The minimum absolute atomic E-state index is 0.0183. The quantitative estimate of drug-likeness (QED) is 0.417. The fourth-order valence-corrected chi connectivity index (χ4v) is 6.07. The highest BCUT2D eigenvalue weighted by Crippen LogP contribution is 2.40. The van der Waals surface area contributed by atoms with Crippen molar-refractivity contribution in [2.24, 2.45) is 0 Å². The molecule has 0 saturated carbocycles. The zero-order chi connectivity index (χ0) is 23.6. The summed E-state index contributed by atoms with van der Waals surface area (Å²) in [6.45, 7) is 3.79. The highest BCUT2D eigenvalue weighted by atomic mass is 32.2. The Bertz CT molecular complexity index is 1450. The summed E-state index contributed by atoms with van der Waals surface area (Å²) < 4.78 is 34.8. The van der Waals surface area contributed by atoms with Gasteiger partial charge in [0.25, 0.3) is 0 Å². The summed E-state index contributed by atoms with van der Waals surface area (Å²) in [6.07, 6.45) is 3.35. The van der Waals surface area contributed by atoms with Crippen LogP contribution in [0.1, 0.15) is 40.3 Å². The summed E-state index contributed by atoms with van der Waals surface area (Å²) in [5.74, 6) is -0.404. The normalized spacial score (nSPS) is 12.4. The van der Waals surface area contributed by atoms with Gasteiger partial charge in [-0.2, -0.15) is 5.26 Å². The molecule has 0 saturated heterocycles. The van der Waals surface area contributed by atoms with E-state index in [1.165, 1.54) is 0 Å². The van der Waals surface area contributed by atoms with Gasteiger partial charge in [0.15, 0.2) is 9.84 Å². The number of ether oxygens (including phenoxy) is 1. The molecule has 7 nitrogen and oxygen atoms in total. The summed E-state index contributed by atoms with van der Waals surface area (Å²) in [7, 11) is -3.88. The van der Waals surface area contributed by atoms with Gasteiger partial charge < -0.3 is 14.1 Å². The topological polar surface area (TPSA) is 104 Å². The molecule has 168 valence electrons. The second-order valence-electron chi connectivity index (χ2n) is 7.61. The highest BCUT2D eigenvalue weighted by molar-refractivity contribution is 7.92. The number of carbonyl (C=O) groups is 1. The number of rotatable bonds is 7. The van der Waals surface area contributed by atoms with Crippen molar-refractivity contribution < 1.29 is 17.9 Å². The molecule has 1 aromatic carbocycles. The number of aromatic nitrogens is 2. The second-order valence-corrected chi connectivity index (χ2v) is 9.65. The predicted molar refractivity (Wildman–Crippen MR) is 123 cm³/mol. The third kappa shape index (κ3) is 4.03. The van der Waals surface area contributed by atoms with Crippen LogP contribution in [-0.2, 0) is 25.8 Å². The maximum Gasteiger partial charge on any atom is 0.311 e. The van der Waals surface area contributed by atoms with Crippen molar-refractivity contribution in [2.75, 3.05) is 6.61 Å². The molecule has 3 heterocycles. The molecule has 0 radical (unpaired) electrons. The molecule has 8 heteroatoms. The van der Waals surface area contributed by atoms with Crippen molar-refractivity contribution in [2.45, 2.75) is 30.4 Å². The number of nitriles is 1. The average Bonchev–Trinajstić information content (AvgIpc) is 3.43. The summed E-state index contributed by atoms with van der Waals surface area (Å²) in [4.78, 5) is 15.6. The van der Waals surface area contributed by atoms with E-state index in [0.717, 1.165) is 0 Å². The largest absolute Gasteiger partial charge is 0.466 e. The lowest BCUT2D eigenvalue weighted by molar-refractivity contribution is -0.142. The fraction of sp³-hybridized carbons (Fsp3) is 0.200. The number of H-pyrrole nitrogens is 1. The van der Waals surface area contributed by atoms with E-state index in [-0.39, 0.29) is 17.9 Å². The molecular weight excluding hydrogens is 438 g/mol. The highest BCUT2D eigenvalue weighted by Gasteiger charge is 2.36. The molecule has 0 fully saturated rings. The van der Waals surface area contributed by atoms with Crippen molar-refractivity contribution in [1.82, 2.24) is 9.38 Å². The van der Waals surface area contributed by atoms with Crippen LogP contribution in [0.5, 0.6) is 0 Å². The molecule has 1 unspecified atom stereocenters. The van der Waals surface area contributed by atoms with Crippen LogP contribution < -0.4 is 0 Å². The van der Waals surface area contributed by atoms with Crippen molar-refractivity contribution in [3.8, 4) is 6.07 Å². The molecule has 1 atom stereocenters. The van der Waals surface area contributed by atoms with Gasteiger partial charge in [0.2, 0.25) is 0 Å². The maximum absolute atomic E-state index is 13.9. The summed E-state index contributed by atoms with van der Waals surface area (Å²) in [5.41, 5.74) is 3.27. The summed E-state index contributed by atoms with van der Waals surface area (Å²) >= 11 is 0. The lowest BCUT2D eigenvalue weighted by Crippen LogP contribution is -2.16. The minimum atomic E-state index is -3.88. The van der Waals surface area contributed by atoms with Crippen LogP contribution in [0.4, 0.5) is 0 Å². The van der Waals surface area contributed by atoms with Crippen molar-refractivity contribution in [3.63, 3.8) is 0 Å². The van der Waals surface area contributed by atoms with E-state index < -0.39 is 21.1 Å². The molecule has 3 aromatic heterocycles.